The highest BCUT2D eigenvalue weighted by Gasteiger charge is 2.23. The van der Waals surface area contributed by atoms with Gasteiger partial charge in [0.1, 0.15) is 18.4 Å². The molecule has 4 rings (SSSR count). The molecule has 1 fully saturated rings. The van der Waals surface area contributed by atoms with Crippen molar-refractivity contribution < 1.29 is 4.79 Å². The number of hydrogen-bond donors (Lipinski definition) is 1. The zero-order valence-electron chi connectivity index (χ0n) is 16.9. The van der Waals surface area contributed by atoms with Gasteiger partial charge in [-0.1, -0.05) is 53.3 Å². The first-order valence-corrected chi connectivity index (χ1v) is 11.7. The molecule has 1 unspecified atom stereocenters. The predicted octanol–water partition coefficient (Wildman–Crippen LogP) is 5.50. The Kier molecular flexibility index (Phi) is 8.33. The quantitative estimate of drug-likeness (QED) is 0.407. The number of halogens is 2. The number of rotatable bonds is 4. The Morgan fingerprint density at radius 2 is 2.00 bits per heavy atom. The molecule has 0 aliphatic carbocycles. The molecule has 1 aliphatic heterocycles. The number of piperidine rings is 1. The lowest BCUT2D eigenvalue weighted by molar-refractivity contribution is -0.111. The molecule has 0 bridgehead atoms. The Hall–Kier alpha value is -1.86. The number of anilines is 1. The molecular weight excluding hydrogens is 439 g/mol. The van der Waals surface area contributed by atoms with E-state index in [1.54, 1.807) is 24.3 Å². The van der Waals surface area contributed by atoms with Crippen molar-refractivity contribution in [3.05, 3.63) is 52.8 Å². The number of nitrogens with one attached hydrogen (secondary N) is 1. The van der Waals surface area contributed by atoms with Crippen LogP contribution >= 0.6 is 35.1 Å². The van der Waals surface area contributed by atoms with Crippen LogP contribution in [0.3, 0.4) is 0 Å². The maximum atomic E-state index is 11.3. The van der Waals surface area contributed by atoms with Crippen LogP contribution in [0.4, 0.5) is 5.82 Å². The molecule has 0 saturated carbocycles. The van der Waals surface area contributed by atoms with E-state index in [9.17, 15) is 4.79 Å². The Labute approximate surface area is 191 Å². The van der Waals surface area contributed by atoms with Crippen molar-refractivity contribution in [1.29, 1.82) is 0 Å². The lowest BCUT2D eigenvalue weighted by Crippen LogP contribution is -2.36. The van der Waals surface area contributed by atoms with Gasteiger partial charge in [0.15, 0.2) is 0 Å². The SMILES string of the molecule is CNSC.O=CC1CCCN(c2ncnc3cccc(-c4ccc(Cl)c(Cl)c4)c23)C1. The van der Waals surface area contributed by atoms with Gasteiger partial charge in [-0.15, -0.1) is 0 Å². The largest absolute Gasteiger partial charge is 0.355 e. The molecule has 3 aromatic rings. The molecular formula is C22H24Cl2N4OS. The minimum atomic E-state index is 0.0471. The molecule has 5 nitrogen and oxygen atoms in total. The summed E-state index contributed by atoms with van der Waals surface area (Å²) in [4.78, 5) is 22.5. The monoisotopic (exact) mass is 462 g/mol. The van der Waals surface area contributed by atoms with Crippen LogP contribution < -0.4 is 9.62 Å². The van der Waals surface area contributed by atoms with Gasteiger partial charge >= 0.3 is 0 Å². The summed E-state index contributed by atoms with van der Waals surface area (Å²) < 4.78 is 2.85. The average Bonchev–Trinajstić information content (AvgIpc) is 2.80. The summed E-state index contributed by atoms with van der Waals surface area (Å²) >= 11 is 13.9. The zero-order valence-corrected chi connectivity index (χ0v) is 19.3. The van der Waals surface area contributed by atoms with E-state index in [1.807, 2.05) is 43.6 Å². The number of carbonyl (C=O) groups is 1. The molecule has 30 heavy (non-hydrogen) atoms. The molecule has 158 valence electrons. The number of carbonyl (C=O) groups excluding carboxylic acids is 1. The second-order valence-electron chi connectivity index (χ2n) is 6.92. The average molecular weight is 463 g/mol. The second-order valence-corrected chi connectivity index (χ2v) is 8.55. The number of aldehydes is 1. The topological polar surface area (TPSA) is 58.1 Å². The summed E-state index contributed by atoms with van der Waals surface area (Å²) in [6.45, 7) is 1.57. The molecule has 0 amide bonds. The maximum Gasteiger partial charge on any atom is 0.140 e. The third-order valence-corrected chi connectivity index (χ3v) is 6.17. The molecule has 1 aromatic heterocycles. The van der Waals surface area contributed by atoms with Crippen molar-refractivity contribution in [2.24, 2.45) is 5.92 Å². The molecule has 0 radical (unpaired) electrons. The highest BCUT2D eigenvalue weighted by Crippen LogP contribution is 2.37. The van der Waals surface area contributed by atoms with Gasteiger partial charge in [-0.3, -0.25) is 4.72 Å². The number of fused-ring (bicyclic) bond motifs is 1. The summed E-state index contributed by atoms with van der Waals surface area (Å²) in [5.74, 6) is 0.911. The van der Waals surface area contributed by atoms with Gasteiger partial charge in [0.05, 0.1) is 20.9 Å². The molecule has 0 spiro atoms. The molecule has 1 aliphatic rings. The highest BCUT2D eigenvalue weighted by molar-refractivity contribution is 7.96. The third-order valence-electron chi connectivity index (χ3n) is 5.03. The minimum absolute atomic E-state index is 0.0471. The molecule has 1 saturated heterocycles. The van der Waals surface area contributed by atoms with Crippen LogP contribution in [-0.2, 0) is 4.79 Å². The molecule has 8 heteroatoms. The zero-order chi connectivity index (χ0) is 21.5. The van der Waals surface area contributed by atoms with E-state index in [-0.39, 0.29) is 5.92 Å². The van der Waals surface area contributed by atoms with Gasteiger partial charge in [-0.2, -0.15) is 0 Å². The van der Waals surface area contributed by atoms with Crippen molar-refractivity contribution in [2.75, 3.05) is 31.3 Å². The van der Waals surface area contributed by atoms with Crippen LogP contribution in [0.15, 0.2) is 42.7 Å². The summed E-state index contributed by atoms with van der Waals surface area (Å²) in [7, 11) is 1.89. The van der Waals surface area contributed by atoms with Gasteiger partial charge in [0, 0.05) is 19.0 Å². The first-order chi connectivity index (χ1) is 14.6. The normalized spacial score (nSPS) is 16.1. The van der Waals surface area contributed by atoms with Crippen LogP contribution in [0.2, 0.25) is 10.0 Å². The van der Waals surface area contributed by atoms with Crippen molar-refractivity contribution in [2.45, 2.75) is 12.8 Å². The lowest BCUT2D eigenvalue weighted by atomic mass is 9.97. The van der Waals surface area contributed by atoms with Gasteiger partial charge in [0.25, 0.3) is 0 Å². The highest BCUT2D eigenvalue weighted by atomic mass is 35.5. The van der Waals surface area contributed by atoms with E-state index in [0.717, 1.165) is 53.5 Å². The third kappa shape index (κ3) is 5.24. The molecule has 1 N–H and O–H groups in total. The standard InChI is InChI=1S/C20H17Cl2N3O.C2H7NS/c21-16-7-6-14(9-17(16)22)15-4-1-5-18-19(15)20(24-12-23-18)25-8-2-3-13(10-25)11-26;1-3-4-2/h1,4-7,9,11-13H,2-3,8,10H2;3H,1-2H3. The van der Waals surface area contributed by atoms with E-state index in [2.05, 4.69) is 19.6 Å². The Morgan fingerprint density at radius 1 is 1.20 bits per heavy atom. The van der Waals surface area contributed by atoms with E-state index < -0.39 is 0 Å². The van der Waals surface area contributed by atoms with Gasteiger partial charge < -0.3 is 9.69 Å². The Balaban J connectivity index is 0.000000589. The van der Waals surface area contributed by atoms with Crippen molar-refractivity contribution in [3.63, 3.8) is 0 Å². The summed E-state index contributed by atoms with van der Waals surface area (Å²) in [5.41, 5.74) is 2.83. The van der Waals surface area contributed by atoms with Crippen LogP contribution in [0, 0.1) is 5.92 Å². The summed E-state index contributed by atoms with van der Waals surface area (Å²) in [6, 6.07) is 11.6. The van der Waals surface area contributed by atoms with E-state index in [0.29, 0.717) is 16.6 Å². The first-order valence-electron chi connectivity index (χ1n) is 9.68. The van der Waals surface area contributed by atoms with Crippen LogP contribution in [0.1, 0.15) is 12.8 Å². The minimum Gasteiger partial charge on any atom is -0.355 e. The maximum absolute atomic E-state index is 11.3. The van der Waals surface area contributed by atoms with E-state index in [1.165, 1.54) is 0 Å². The van der Waals surface area contributed by atoms with Crippen molar-refractivity contribution in [3.8, 4) is 11.1 Å². The first kappa shape index (κ1) is 22.8. The number of nitrogens with zero attached hydrogens (tertiary/aromatic N) is 3. The summed E-state index contributed by atoms with van der Waals surface area (Å²) in [6.07, 6.45) is 6.53. The van der Waals surface area contributed by atoms with Gasteiger partial charge in [0.2, 0.25) is 0 Å². The number of benzene rings is 2. The molecule has 1 atom stereocenters. The van der Waals surface area contributed by atoms with Crippen molar-refractivity contribution >= 4 is 58.2 Å². The fourth-order valence-electron chi connectivity index (χ4n) is 3.55. The smallest absolute Gasteiger partial charge is 0.140 e. The Morgan fingerprint density at radius 3 is 2.70 bits per heavy atom. The fourth-order valence-corrected chi connectivity index (χ4v) is 3.85. The molecule has 2 heterocycles. The van der Waals surface area contributed by atoms with Crippen LogP contribution in [-0.4, -0.2) is 42.6 Å². The van der Waals surface area contributed by atoms with Gasteiger partial charge in [-0.25, -0.2) is 9.97 Å². The fraction of sp³-hybridized carbons (Fsp3) is 0.318. The van der Waals surface area contributed by atoms with Crippen LogP contribution in [0.25, 0.3) is 22.0 Å². The predicted molar refractivity (Wildman–Crippen MR) is 129 cm³/mol. The lowest BCUT2D eigenvalue weighted by Gasteiger charge is -2.32. The van der Waals surface area contributed by atoms with Gasteiger partial charge in [-0.05, 0) is 55.5 Å². The van der Waals surface area contributed by atoms with E-state index in [4.69, 9.17) is 23.2 Å². The second kappa shape index (κ2) is 11.0. The number of hydrogen-bond acceptors (Lipinski definition) is 6. The van der Waals surface area contributed by atoms with Crippen LogP contribution in [0.5, 0.6) is 0 Å². The summed E-state index contributed by atoms with van der Waals surface area (Å²) in [5, 5.41) is 2.01. The molecule has 2 aromatic carbocycles. The van der Waals surface area contributed by atoms with E-state index >= 15 is 0 Å². The van der Waals surface area contributed by atoms with Crippen molar-refractivity contribution in [1.82, 2.24) is 14.7 Å². The Bertz CT molecular complexity index is 1010. The number of aromatic nitrogens is 2.